The first-order chi connectivity index (χ1) is 15.7. The third-order valence-corrected chi connectivity index (χ3v) is 11.1. The molecule has 1 N–H and O–H groups in total. The largest absolute Gasteiger partial charge is 0.340 e. The van der Waals surface area contributed by atoms with E-state index in [0.29, 0.717) is 21.8 Å². The first kappa shape index (κ1) is 25.9. The smallest absolute Gasteiger partial charge is 0.328 e. The molecule has 10 heteroatoms. The number of rotatable bonds is 11. The number of amides is 1. The fraction of sp³-hybridized carbons (Fsp3) is 0.348. The summed E-state index contributed by atoms with van der Waals surface area (Å²) in [4.78, 5) is 12.6. The van der Waals surface area contributed by atoms with Crippen LogP contribution >= 0.6 is 26.6 Å². The Morgan fingerprint density at radius 3 is 2.18 bits per heavy atom. The van der Waals surface area contributed by atoms with Gasteiger partial charge in [0.25, 0.3) is 5.91 Å². The van der Waals surface area contributed by atoms with Gasteiger partial charge >= 0.3 is 7.60 Å². The minimum atomic E-state index is -3.56. The molecule has 1 unspecified atom stereocenters. The van der Waals surface area contributed by atoms with Crippen LogP contribution in [0.3, 0.4) is 0 Å². The molecule has 2 aromatic carbocycles. The van der Waals surface area contributed by atoms with E-state index in [2.05, 4.69) is 5.32 Å². The molecule has 0 saturated carbocycles. The normalized spacial score (nSPS) is 16.5. The lowest BCUT2D eigenvalue weighted by Gasteiger charge is -2.23. The van der Waals surface area contributed by atoms with Gasteiger partial charge in [-0.2, -0.15) is 0 Å². The predicted molar refractivity (Wildman–Crippen MR) is 133 cm³/mol. The van der Waals surface area contributed by atoms with Gasteiger partial charge in [-0.3, -0.25) is 13.9 Å². The maximum absolute atomic E-state index is 13.6. The van der Waals surface area contributed by atoms with Gasteiger partial charge in [-0.25, -0.2) is 0 Å². The van der Waals surface area contributed by atoms with Gasteiger partial charge < -0.3 is 18.9 Å². The summed E-state index contributed by atoms with van der Waals surface area (Å²) in [5, 5.41) is 3.48. The van der Waals surface area contributed by atoms with E-state index < -0.39 is 15.0 Å². The third-order valence-electron chi connectivity index (χ3n) is 4.88. The van der Waals surface area contributed by atoms with Crippen LogP contribution in [0.2, 0.25) is 5.02 Å². The Morgan fingerprint density at radius 1 is 0.939 bits per heavy atom. The highest BCUT2D eigenvalue weighted by molar-refractivity contribution is 7.73. The molecule has 7 nitrogen and oxygen atoms in total. The summed E-state index contributed by atoms with van der Waals surface area (Å²) < 4.78 is 42.8. The number of hydrogen-bond acceptors (Lipinski definition) is 6. The standard InChI is InChI=1S/C23H28ClNO6P2/c1-4-29-32(27,16-33(28,30-5-2)31-6-3)15-18-9-12-20-21(23(26)25-22(20)14-18)13-17-7-10-19(24)11-8-17/h7-14H,4-6,15-16H2,1-3H3,(H,25,26)/b21-13-. The molecule has 3 rings (SSSR count). The van der Waals surface area contributed by atoms with Crippen molar-refractivity contribution in [2.45, 2.75) is 26.9 Å². The zero-order valence-corrected chi connectivity index (χ0v) is 21.4. The highest BCUT2D eigenvalue weighted by Crippen LogP contribution is 2.64. The fourth-order valence-electron chi connectivity index (χ4n) is 3.64. The van der Waals surface area contributed by atoms with E-state index in [0.717, 1.165) is 11.1 Å². The van der Waals surface area contributed by atoms with Crippen LogP contribution in [0.15, 0.2) is 42.5 Å². The number of carbonyl (C=O) groups is 1. The molecule has 1 heterocycles. The minimum absolute atomic E-state index is 0.0460. The summed E-state index contributed by atoms with van der Waals surface area (Å²) in [6.07, 6.45) is 1.84. The monoisotopic (exact) mass is 511 g/mol. The van der Waals surface area contributed by atoms with Crippen molar-refractivity contribution in [1.82, 2.24) is 0 Å². The van der Waals surface area contributed by atoms with E-state index in [1.165, 1.54) is 0 Å². The van der Waals surface area contributed by atoms with Crippen molar-refractivity contribution >= 4 is 49.8 Å². The molecule has 178 valence electrons. The number of carbonyl (C=O) groups excluding carboxylic acids is 1. The Labute approximate surface area is 199 Å². The fourth-order valence-corrected chi connectivity index (χ4v) is 9.43. The van der Waals surface area contributed by atoms with Gasteiger partial charge in [-0.05, 0) is 56.2 Å². The zero-order chi connectivity index (χ0) is 24.1. The summed E-state index contributed by atoms with van der Waals surface area (Å²) in [7, 11) is -6.95. The molecule has 0 bridgehead atoms. The van der Waals surface area contributed by atoms with E-state index in [1.807, 2.05) is 18.2 Å². The summed E-state index contributed by atoms with van der Waals surface area (Å²) in [6, 6.07) is 12.6. The van der Waals surface area contributed by atoms with Crippen LogP contribution in [-0.2, 0) is 33.7 Å². The molecule has 0 aromatic heterocycles. The lowest BCUT2D eigenvalue weighted by Crippen LogP contribution is -2.05. The topological polar surface area (TPSA) is 90.9 Å². The quantitative estimate of drug-likeness (QED) is 0.261. The molecule has 0 spiro atoms. The van der Waals surface area contributed by atoms with Crippen molar-refractivity contribution in [3.05, 3.63) is 64.2 Å². The summed E-state index contributed by atoms with van der Waals surface area (Å²) >= 11 is 5.94. The van der Waals surface area contributed by atoms with Crippen molar-refractivity contribution in [3.63, 3.8) is 0 Å². The van der Waals surface area contributed by atoms with Crippen molar-refractivity contribution < 1.29 is 27.5 Å². The number of benzene rings is 2. The number of anilines is 1. The molecular formula is C23H28ClNO6P2. The molecule has 2 aromatic rings. The second kappa shape index (κ2) is 11.1. The molecule has 1 atom stereocenters. The number of hydrogen-bond donors (Lipinski definition) is 1. The van der Waals surface area contributed by atoms with Gasteiger partial charge in [0.05, 0.1) is 26.0 Å². The number of halogens is 1. The van der Waals surface area contributed by atoms with E-state index in [1.54, 1.807) is 51.1 Å². The molecule has 0 aliphatic carbocycles. The van der Waals surface area contributed by atoms with Crippen molar-refractivity contribution in [1.29, 1.82) is 0 Å². The van der Waals surface area contributed by atoms with Crippen LogP contribution in [0.25, 0.3) is 11.6 Å². The van der Waals surface area contributed by atoms with Crippen molar-refractivity contribution in [2.24, 2.45) is 0 Å². The van der Waals surface area contributed by atoms with E-state index in [9.17, 15) is 13.9 Å². The Morgan fingerprint density at radius 2 is 1.58 bits per heavy atom. The predicted octanol–water partition coefficient (Wildman–Crippen LogP) is 6.87. The molecule has 1 amide bonds. The Kier molecular flexibility index (Phi) is 8.74. The SMILES string of the molecule is CCOP(=O)(Cc1ccc2c(c1)NC(=O)/C2=C\c1ccc(Cl)cc1)CP(=O)(OCC)OCC. The van der Waals surface area contributed by atoms with Crippen LogP contribution in [-0.4, -0.2) is 31.6 Å². The van der Waals surface area contributed by atoms with Gasteiger partial charge in [-0.1, -0.05) is 35.9 Å². The maximum atomic E-state index is 13.6. The van der Waals surface area contributed by atoms with Crippen LogP contribution in [0, 0.1) is 0 Å². The third kappa shape index (κ3) is 6.66. The minimum Gasteiger partial charge on any atom is -0.328 e. The van der Waals surface area contributed by atoms with Gasteiger partial charge in [0, 0.05) is 21.8 Å². The second-order valence-corrected chi connectivity index (χ2v) is 12.9. The van der Waals surface area contributed by atoms with E-state index >= 15 is 0 Å². The average molecular weight is 512 g/mol. The Balaban J connectivity index is 1.87. The van der Waals surface area contributed by atoms with Crippen LogP contribution in [0.1, 0.15) is 37.5 Å². The molecule has 0 radical (unpaired) electrons. The van der Waals surface area contributed by atoms with Crippen molar-refractivity contribution in [3.8, 4) is 0 Å². The van der Waals surface area contributed by atoms with Gasteiger partial charge in [0.1, 0.15) is 5.90 Å². The molecule has 1 aliphatic heterocycles. The number of fused-ring (bicyclic) bond motifs is 1. The molecule has 0 saturated heterocycles. The first-order valence-corrected chi connectivity index (χ1v) is 14.8. The number of nitrogens with one attached hydrogen (secondary N) is 1. The lowest BCUT2D eigenvalue weighted by atomic mass is 10.0. The molecule has 0 fully saturated rings. The van der Waals surface area contributed by atoms with E-state index in [4.69, 9.17) is 25.2 Å². The van der Waals surface area contributed by atoms with Gasteiger partial charge in [0.15, 0.2) is 0 Å². The van der Waals surface area contributed by atoms with Crippen LogP contribution < -0.4 is 5.32 Å². The Bertz CT molecular complexity index is 1120. The Hall–Kier alpha value is -1.72. The average Bonchev–Trinajstić information content (AvgIpc) is 3.04. The van der Waals surface area contributed by atoms with Crippen molar-refractivity contribution in [2.75, 3.05) is 31.0 Å². The van der Waals surface area contributed by atoms with Crippen LogP contribution in [0.4, 0.5) is 5.69 Å². The van der Waals surface area contributed by atoms with E-state index in [-0.39, 0.29) is 37.8 Å². The maximum Gasteiger partial charge on any atom is 0.340 e. The summed E-state index contributed by atoms with van der Waals surface area (Å²) in [5.74, 6) is -0.525. The van der Waals surface area contributed by atoms with Gasteiger partial charge in [0.2, 0.25) is 7.37 Å². The highest BCUT2D eigenvalue weighted by Gasteiger charge is 2.37. The second-order valence-electron chi connectivity index (χ2n) is 7.42. The lowest BCUT2D eigenvalue weighted by molar-refractivity contribution is -0.110. The zero-order valence-electron chi connectivity index (χ0n) is 18.9. The van der Waals surface area contributed by atoms with Gasteiger partial charge in [-0.15, -0.1) is 0 Å². The molecule has 33 heavy (non-hydrogen) atoms. The first-order valence-electron chi connectivity index (χ1n) is 10.7. The van der Waals surface area contributed by atoms with Crippen LogP contribution in [0.5, 0.6) is 0 Å². The highest BCUT2D eigenvalue weighted by atomic mass is 35.5. The summed E-state index contributed by atoms with van der Waals surface area (Å²) in [5.41, 5.74) is 3.45. The molecular weight excluding hydrogens is 484 g/mol. The molecule has 1 aliphatic rings. The summed E-state index contributed by atoms with van der Waals surface area (Å²) in [6.45, 7) is 5.69.